The van der Waals surface area contributed by atoms with E-state index in [0.717, 1.165) is 37.9 Å². The van der Waals surface area contributed by atoms with E-state index in [1.807, 2.05) is 12.3 Å². The van der Waals surface area contributed by atoms with Gasteiger partial charge in [0.15, 0.2) is 0 Å². The molecule has 0 saturated carbocycles. The number of nitrogens with zero attached hydrogens (tertiary/aromatic N) is 5. The molecule has 1 aliphatic rings. The molecular formula is C24H33N5. The summed E-state index contributed by atoms with van der Waals surface area (Å²) in [5.41, 5.74) is 6.20. The van der Waals surface area contributed by atoms with Crippen molar-refractivity contribution in [2.45, 2.75) is 51.1 Å². The molecule has 4 heterocycles. The second-order valence-electron chi connectivity index (χ2n) is 8.61. The van der Waals surface area contributed by atoms with Crippen LogP contribution < -0.4 is 0 Å². The van der Waals surface area contributed by atoms with E-state index >= 15 is 0 Å². The van der Waals surface area contributed by atoms with Gasteiger partial charge in [0.05, 0.1) is 23.5 Å². The maximum atomic E-state index is 5.12. The van der Waals surface area contributed by atoms with E-state index in [1.54, 1.807) is 0 Å². The smallest absolute Gasteiger partial charge is 0.137 e. The maximum absolute atomic E-state index is 5.12. The molecule has 29 heavy (non-hydrogen) atoms. The van der Waals surface area contributed by atoms with Crippen LogP contribution in [-0.4, -0.2) is 51.9 Å². The van der Waals surface area contributed by atoms with Crippen molar-refractivity contribution in [1.29, 1.82) is 0 Å². The van der Waals surface area contributed by atoms with Crippen molar-refractivity contribution in [3.05, 3.63) is 65.4 Å². The van der Waals surface area contributed by atoms with Gasteiger partial charge in [0.25, 0.3) is 0 Å². The van der Waals surface area contributed by atoms with Crippen molar-refractivity contribution in [3.8, 4) is 0 Å². The molecule has 0 bridgehead atoms. The Morgan fingerprint density at radius 1 is 1.07 bits per heavy atom. The summed E-state index contributed by atoms with van der Waals surface area (Å²) in [4.78, 5) is 14.6. The third-order valence-corrected chi connectivity index (χ3v) is 6.30. The number of aromatic nitrogens is 3. The van der Waals surface area contributed by atoms with Gasteiger partial charge >= 0.3 is 0 Å². The highest BCUT2D eigenvalue weighted by Crippen LogP contribution is 2.41. The fourth-order valence-electron chi connectivity index (χ4n) is 4.78. The molecule has 0 amide bonds. The minimum atomic E-state index is 0.337. The third-order valence-electron chi connectivity index (χ3n) is 6.30. The molecular weight excluding hydrogens is 358 g/mol. The quantitative estimate of drug-likeness (QED) is 0.623. The fourth-order valence-corrected chi connectivity index (χ4v) is 4.78. The van der Waals surface area contributed by atoms with Crippen molar-refractivity contribution in [3.63, 3.8) is 0 Å². The predicted molar refractivity (Wildman–Crippen MR) is 118 cm³/mol. The van der Waals surface area contributed by atoms with Gasteiger partial charge in [0.1, 0.15) is 5.65 Å². The Morgan fingerprint density at radius 2 is 1.86 bits per heavy atom. The molecule has 0 N–H and O–H groups in total. The van der Waals surface area contributed by atoms with Crippen LogP contribution in [0.4, 0.5) is 0 Å². The zero-order chi connectivity index (χ0) is 20.4. The first-order chi connectivity index (χ1) is 14.1. The van der Waals surface area contributed by atoms with E-state index in [4.69, 9.17) is 9.97 Å². The summed E-state index contributed by atoms with van der Waals surface area (Å²) < 4.78 is 2.30. The number of imidazole rings is 1. The highest BCUT2D eigenvalue weighted by molar-refractivity contribution is 5.44. The number of fused-ring (bicyclic) bond motifs is 1. The Hall–Kier alpha value is -2.24. The number of piperidine rings is 1. The van der Waals surface area contributed by atoms with Crippen LogP contribution >= 0.6 is 0 Å². The van der Waals surface area contributed by atoms with Crippen molar-refractivity contribution >= 4 is 5.65 Å². The highest BCUT2D eigenvalue weighted by atomic mass is 15.2. The first-order valence-electron chi connectivity index (χ1n) is 10.8. The van der Waals surface area contributed by atoms with E-state index < -0.39 is 0 Å². The van der Waals surface area contributed by atoms with E-state index in [0.29, 0.717) is 12.1 Å². The number of likely N-dealkylation sites (tertiary alicyclic amines) is 1. The van der Waals surface area contributed by atoms with E-state index in [1.165, 1.54) is 29.1 Å². The SMILES string of the molecule is Cc1cccnc1[C@H]1CCC[C@@H](c2nc3ccccn3c2CCCN(C)C)N1C. The Labute approximate surface area is 174 Å². The van der Waals surface area contributed by atoms with Crippen molar-refractivity contribution in [2.75, 3.05) is 27.7 Å². The highest BCUT2D eigenvalue weighted by Gasteiger charge is 2.34. The normalized spacial score (nSPS) is 20.6. The Morgan fingerprint density at radius 3 is 2.62 bits per heavy atom. The molecule has 1 saturated heterocycles. The second-order valence-corrected chi connectivity index (χ2v) is 8.61. The molecule has 1 fully saturated rings. The fraction of sp³-hybridized carbons (Fsp3) is 0.500. The van der Waals surface area contributed by atoms with Crippen molar-refractivity contribution in [1.82, 2.24) is 24.2 Å². The zero-order valence-corrected chi connectivity index (χ0v) is 18.2. The Bertz CT molecular complexity index is 961. The summed E-state index contributed by atoms with van der Waals surface area (Å²) >= 11 is 0. The molecule has 5 nitrogen and oxygen atoms in total. The van der Waals surface area contributed by atoms with Crippen molar-refractivity contribution in [2.24, 2.45) is 0 Å². The molecule has 154 valence electrons. The van der Waals surface area contributed by atoms with Crippen LogP contribution in [0.15, 0.2) is 42.7 Å². The molecule has 5 heteroatoms. The van der Waals surface area contributed by atoms with Gasteiger partial charge in [-0.15, -0.1) is 0 Å². The molecule has 0 aliphatic carbocycles. The lowest BCUT2D eigenvalue weighted by atomic mass is 9.90. The lowest BCUT2D eigenvalue weighted by Gasteiger charge is -2.39. The molecule has 4 rings (SSSR count). The summed E-state index contributed by atoms with van der Waals surface area (Å²) in [5.74, 6) is 0. The van der Waals surface area contributed by atoms with Crippen LogP contribution in [-0.2, 0) is 6.42 Å². The average Bonchev–Trinajstić information content (AvgIpc) is 3.07. The summed E-state index contributed by atoms with van der Waals surface area (Å²) in [6, 6.07) is 11.2. The van der Waals surface area contributed by atoms with Crippen LogP contribution in [0.5, 0.6) is 0 Å². The lowest BCUT2D eigenvalue weighted by molar-refractivity contribution is 0.108. The number of hydrogen-bond acceptors (Lipinski definition) is 4. The minimum absolute atomic E-state index is 0.337. The first-order valence-corrected chi connectivity index (χ1v) is 10.8. The van der Waals surface area contributed by atoms with Gasteiger partial charge in [-0.1, -0.05) is 12.1 Å². The second kappa shape index (κ2) is 8.64. The van der Waals surface area contributed by atoms with E-state index in [9.17, 15) is 0 Å². The van der Waals surface area contributed by atoms with Crippen LogP contribution in [0.3, 0.4) is 0 Å². The van der Waals surface area contributed by atoms with Gasteiger partial charge in [-0.25, -0.2) is 4.98 Å². The van der Waals surface area contributed by atoms with Crippen LogP contribution in [0.2, 0.25) is 0 Å². The molecule has 0 radical (unpaired) electrons. The summed E-state index contributed by atoms with van der Waals surface area (Å²) in [5, 5.41) is 0. The van der Waals surface area contributed by atoms with Gasteiger partial charge in [0, 0.05) is 18.1 Å². The van der Waals surface area contributed by atoms with Gasteiger partial charge in [0.2, 0.25) is 0 Å². The lowest BCUT2D eigenvalue weighted by Crippen LogP contribution is -2.34. The van der Waals surface area contributed by atoms with Crippen LogP contribution in [0.25, 0.3) is 5.65 Å². The largest absolute Gasteiger partial charge is 0.309 e. The molecule has 2 atom stereocenters. The number of aryl methyl sites for hydroxylation is 2. The predicted octanol–water partition coefficient (Wildman–Crippen LogP) is 4.43. The van der Waals surface area contributed by atoms with Crippen LogP contribution in [0.1, 0.15) is 60.4 Å². The Balaban J connectivity index is 1.68. The van der Waals surface area contributed by atoms with E-state index in [2.05, 4.69) is 72.7 Å². The van der Waals surface area contributed by atoms with E-state index in [-0.39, 0.29) is 0 Å². The molecule has 0 spiro atoms. The molecule has 0 aromatic carbocycles. The average molecular weight is 392 g/mol. The summed E-state index contributed by atoms with van der Waals surface area (Å²) in [7, 11) is 6.55. The summed E-state index contributed by atoms with van der Waals surface area (Å²) in [6.07, 6.45) is 9.81. The third kappa shape index (κ3) is 4.07. The standard InChI is InChI=1S/C24H33N5/c1-18-10-8-15-25-23(18)19-11-7-12-20(28(19)4)24-21(13-9-16-27(2)3)29-17-6-5-14-22(29)26-24/h5-6,8,10,14-15,17,19-20H,7,9,11-13,16H2,1-4H3/t19-,20+/m1/s1. The molecule has 3 aromatic heterocycles. The zero-order valence-electron chi connectivity index (χ0n) is 18.2. The van der Waals surface area contributed by atoms with Gasteiger partial charge in [-0.3, -0.25) is 9.88 Å². The first kappa shape index (κ1) is 20.0. The van der Waals surface area contributed by atoms with Gasteiger partial charge in [-0.2, -0.15) is 0 Å². The molecule has 3 aromatic rings. The van der Waals surface area contributed by atoms with Crippen LogP contribution in [0, 0.1) is 6.92 Å². The summed E-state index contributed by atoms with van der Waals surface area (Å²) in [6.45, 7) is 3.27. The van der Waals surface area contributed by atoms with Crippen molar-refractivity contribution < 1.29 is 0 Å². The Kier molecular flexibility index (Phi) is 5.97. The van der Waals surface area contributed by atoms with Gasteiger partial charge < -0.3 is 9.30 Å². The van der Waals surface area contributed by atoms with Gasteiger partial charge in [-0.05, 0) is 90.5 Å². The number of pyridine rings is 2. The molecule has 0 unspecified atom stereocenters. The monoisotopic (exact) mass is 391 g/mol. The number of rotatable bonds is 6. The molecule has 1 aliphatic heterocycles. The minimum Gasteiger partial charge on any atom is -0.309 e. The number of hydrogen-bond donors (Lipinski definition) is 0. The topological polar surface area (TPSA) is 36.7 Å². The maximum Gasteiger partial charge on any atom is 0.137 e.